The van der Waals surface area contributed by atoms with Gasteiger partial charge < -0.3 is 15.4 Å². The molecule has 5 rings (SSSR count). The van der Waals surface area contributed by atoms with Crippen LogP contribution in [0, 0.1) is 0 Å². The first kappa shape index (κ1) is 23.6. The molecular formula is C27H23N3O5S. The minimum Gasteiger partial charge on any atom is -0.452 e. The van der Waals surface area contributed by atoms with Gasteiger partial charge in [0.05, 0.1) is 16.5 Å². The number of fused-ring (bicyclic) bond motifs is 1. The molecule has 0 spiro atoms. The van der Waals surface area contributed by atoms with Gasteiger partial charge >= 0.3 is 5.97 Å². The van der Waals surface area contributed by atoms with Crippen LogP contribution in [0.4, 0.5) is 17.1 Å². The monoisotopic (exact) mass is 501 g/mol. The van der Waals surface area contributed by atoms with Gasteiger partial charge in [0.2, 0.25) is 11.8 Å². The van der Waals surface area contributed by atoms with Crippen molar-refractivity contribution in [3.8, 4) is 0 Å². The minimum absolute atomic E-state index is 0.0732. The molecule has 182 valence electrons. The number of anilines is 3. The zero-order valence-electron chi connectivity index (χ0n) is 19.3. The van der Waals surface area contributed by atoms with Gasteiger partial charge in [-0.3, -0.25) is 14.4 Å². The van der Waals surface area contributed by atoms with Crippen LogP contribution in [0.5, 0.6) is 0 Å². The Labute approximate surface area is 212 Å². The number of ether oxygens (including phenoxy) is 1. The number of carbonyl (C=O) groups is 4. The normalized spacial score (nSPS) is 16.8. The first-order chi connectivity index (χ1) is 17.4. The fourth-order valence-corrected chi connectivity index (χ4v) is 5.47. The molecular weight excluding hydrogens is 478 g/mol. The molecule has 2 N–H and O–H groups in total. The third kappa shape index (κ3) is 4.70. The Bertz CT molecular complexity index is 1360. The summed E-state index contributed by atoms with van der Waals surface area (Å²) in [5, 5.41) is -0.550. The van der Waals surface area contributed by atoms with Crippen LogP contribution in [0.1, 0.15) is 22.3 Å². The molecule has 36 heavy (non-hydrogen) atoms. The number of hydrogen-bond acceptors (Lipinski definition) is 7. The first-order valence-corrected chi connectivity index (χ1v) is 12.3. The number of carbonyl (C=O) groups excluding carboxylic acids is 4. The van der Waals surface area contributed by atoms with Gasteiger partial charge in [-0.1, -0.05) is 24.3 Å². The van der Waals surface area contributed by atoms with Crippen LogP contribution in [0.25, 0.3) is 0 Å². The molecule has 2 heterocycles. The molecule has 1 unspecified atom stereocenters. The number of benzene rings is 3. The second-order valence-electron chi connectivity index (χ2n) is 8.50. The molecule has 0 radical (unpaired) electrons. The Kier molecular flexibility index (Phi) is 6.47. The van der Waals surface area contributed by atoms with Crippen LogP contribution >= 0.6 is 11.8 Å². The number of nitrogens with two attached hydrogens (primary N) is 1. The van der Waals surface area contributed by atoms with E-state index in [0.29, 0.717) is 17.9 Å². The maximum absolute atomic E-state index is 12.9. The second-order valence-corrected chi connectivity index (χ2v) is 9.77. The highest BCUT2D eigenvalue weighted by Crippen LogP contribution is 2.34. The highest BCUT2D eigenvalue weighted by molar-refractivity contribution is 8.00. The van der Waals surface area contributed by atoms with Gasteiger partial charge in [0.1, 0.15) is 0 Å². The number of rotatable bonds is 6. The third-order valence-electron chi connectivity index (χ3n) is 6.12. The molecule has 9 heteroatoms. The molecule has 0 bridgehead atoms. The number of nitrogens with zero attached hydrogens (tertiary/aromatic N) is 2. The lowest BCUT2D eigenvalue weighted by Gasteiger charge is -2.17. The molecule has 0 aromatic heterocycles. The van der Waals surface area contributed by atoms with E-state index in [1.807, 2.05) is 30.3 Å². The molecule has 2 aliphatic heterocycles. The van der Waals surface area contributed by atoms with Gasteiger partial charge in [-0.25, -0.2) is 9.69 Å². The van der Waals surface area contributed by atoms with Crippen LogP contribution in [0.2, 0.25) is 0 Å². The van der Waals surface area contributed by atoms with Crippen molar-refractivity contribution >= 4 is 52.5 Å². The SMILES string of the molecule is Nc1cccc(SC2CC(=O)N(c3ccc(C(=O)OCC(=O)N4CCc5ccccc54)cc3)C2=O)c1. The van der Waals surface area contributed by atoms with Gasteiger partial charge in [-0.2, -0.15) is 0 Å². The number of para-hydroxylation sites is 1. The van der Waals surface area contributed by atoms with Crippen LogP contribution in [0.15, 0.2) is 77.7 Å². The highest BCUT2D eigenvalue weighted by atomic mass is 32.2. The van der Waals surface area contributed by atoms with E-state index in [2.05, 4.69) is 0 Å². The van der Waals surface area contributed by atoms with Crippen molar-refractivity contribution in [1.82, 2.24) is 0 Å². The van der Waals surface area contributed by atoms with Crippen molar-refractivity contribution in [2.24, 2.45) is 0 Å². The van der Waals surface area contributed by atoms with E-state index in [0.717, 1.165) is 27.5 Å². The zero-order chi connectivity index (χ0) is 25.2. The second kappa shape index (κ2) is 9.87. The van der Waals surface area contributed by atoms with E-state index in [4.69, 9.17) is 10.5 Å². The number of nitrogen functional groups attached to an aromatic ring is 1. The lowest BCUT2D eigenvalue weighted by atomic mass is 10.2. The van der Waals surface area contributed by atoms with Crippen LogP contribution in [-0.4, -0.2) is 42.1 Å². The Hall–Kier alpha value is -4.11. The van der Waals surface area contributed by atoms with E-state index < -0.39 is 11.2 Å². The van der Waals surface area contributed by atoms with Crippen molar-refractivity contribution in [3.63, 3.8) is 0 Å². The summed E-state index contributed by atoms with van der Waals surface area (Å²) in [6, 6.07) is 20.8. The number of hydrogen-bond donors (Lipinski definition) is 1. The molecule has 3 amide bonds. The number of esters is 1. The van der Waals surface area contributed by atoms with E-state index >= 15 is 0 Å². The molecule has 0 aliphatic carbocycles. The molecule has 3 aromatic carbocycles. The first-order valence-electron chi connectivity index (χ1n) is 11.4. The minimum atomic E-state index is -0.656. The van der Waals surface area contributed by atoms with E-state index in [-0.39, 0.29) is 36.3 Å². The maximum atomic E-state index is 12.9. The summed E-state index contributed by atoms with van der Waals surface area (Å²) in [7, 11) is 0. The Morgan fingerprint density at radius 3 is 2.56 bits per heavy atom. The maximum Gasteiger partial charge on any atom is 0.338 e. The number of amides is 3. The quantitative estimate of drug-likeness (QED) is 0.313. The summed E-state index contributed by atoms with van der Waals surface area (Å²) in [4.78, 5) is 54.2. The van der Waals surface area contributed by atoms with Gasteiger partial charge in [0, 0.05) is 29.2 Å². The predicted octanol–water partition coefficient (Wildman–Crippen LogP) is 3.44. The Morgan fingerprint density at radius 1 is 1.00 bits per heavy atom. The molecule has 8 nitrogen and oxygen atoms in total. The van der Waals surface area contributed by atoms with Crippen molar-refractivity contribution < 1.29 is 23.9 Å². The summed E-state index contributed by atoms with van der Waals surface area (Å²) in [6.07, 6.45) is 0.841. The highest BCUT2D eigenvalue weighted by Gasteiger charge is 2.40. The average molecular weight is 502 g/mol. The van der Waals surface area contributed by atoms with E-state index in [9.17, 15) is 19.2 Å². The summed E-state index contributed by atoms with van der Waals surface area (Å²) in [6.45, 7) is 0.181. The van der Waals surface area contributed by atoms with E-state index in [1.165, 1.54) is 36.0 Å². The molecule has 2 aliphatic rings. The molecule has 1 saturated heterocycles. The number of thioether (sulfide) groups is 1. The molecule has 3 aromatic rings. The van der Waals surface area contributed by atoms with Gasteiger partial charge in [0.25, 0.3) is 5.91 Å². The van der Waals surface area contributed by atoms with Crippen LogP contribution < -0.4 is 15.5 Å². The molecule has 0 saturated carbocycles. The van der Waals surface area contributed by atoms with Crippen molar-refractivity contribution in [1.29, 1.82) is 0 Å². The Morgan fingerprint density at radius 2 is 1.78 bits per heavy atom. The summed E-state index contributed by atoms with van der Waals surface area (Å²) in [5.41, 5.74) is 8.92. The third-order valence-corrected chi connectivity index (χ3v) is 7.30. The van der Waals surface area contributed by atoms with Crippen molar-refractivity contribution in [2.75, 3.05) is 28.7 Å². The summed E-state index contributed by atoms with van der Waals surface area (Å²) < 4.78 is 5.23. The lowest BCUT2D eigenvalue weighted by Crippen LogP contribution is -2.33. The fourth-order valence-electron chi connectivity index (χ4n) is 4.35. The average Bonchev–Trinajstić information content (AvgIpc) is 3.43. The zero-order valence-corrected chi connectivity index (χ0v) is 20.1. The van der Waals surface area contributed by atoms with Crippen molar-refractivity contribution in [3.05, 3.63) is 83.9 Å². The smallest absolute Gasteiger partial charge is 0.338 e. The topological polar surface area (TPSA) is 110 Å². The van der Waals surface area contributed by atoms with Crippen LogP contribution in [0.3, 0.4) is 0 Å². The number of imide groups is 1. The molecule has 1 fully saturated rings. The fraction of sp³-hybridized carbons (Fsp3) is 0.185. The van der Waals surface area contributed by atoms with Gasteiger partial charge in [0.15, 0.2) is 6.61 Å². The largest absolute Gasteiger partial charge is 0.452 e. The van der Waals surface area contributed by atoms with Gasteiger partial charge in [-0.05, 0) is 60.5 Å². The lowest BCUT2D eigenvalue weighted by molar-refractivity contribution is -0.122. The summed E-state index contributed by atoms with van der Waals surface area (Å²) in [5.74, 6) is -1.58. The Balaban J connectivity index is 1.20. The summed E-state index contributed by atoms with van der Waals surface area (Å²) >= 11 is 1.30. The van der Waals surface area contributed by atoms with Crippen LogP contribution in [-0.2, 0) is 25.5 Å². The van der Waals surface area contributed by atoms with E-state index in [1.54, 1.807) is 23.1 Å². The standard InChI is InChI=1S/C27H23N3O5S/c28-19-5-3-6-21(14-19)36-23-15-24(31)30(26(23)33)20-10-8-18(9-11-20)27(34)35-16-25(32)29-13-12-17-4-1-2-7-22(17)29/h1-11,14,23H,12-13,15-16,28H2. The van der Waals surface area contributed by atoms with Crippen molar-refractivity contribution in [2.45, 2.75) is 23.0 Å². The van der Waals surface area contributed by atoms with Gasteiger partial charge in [-0.15, -0.1) is 11.8 Å². The molecule has 1 atom stereocenters. The predicted molar refractivity (Wildman–Crippen MR) is 137 cm³/mol.